The van der Waals surface area contributed by atoms with E-state index in [2.05, 4.69) is 0 Å². The van der Waals surface area contributed by atoms with Gasteiger partial charge in [-0.05, 0) is 56.0 Å². The molecule has 1 fully saturated rings. The van der Waals surface area contributed by atoms with Gasteiger partial charge in [-0.1, -0.05) is 25.3 Å². The van der Waals surface area contributed by atoms with Gasteiger partial charge in [0.15, 0.2) is 9.84 Å². The van der Waals surface area contributed by atoms with Crippen LogP contribution in [0.25, 0.3) is 0 Å². The fourth-order valence-corrected chi connectivity index (χ4v) is 4.89. The van der Waals surface area contributed by atoms with Crippen LogP contribution in [0.3, 0.4) is 0 Å². The number of carbonyl (C=O) groups excluding carboxylic acids is 1. The first kappa shape index (κ1) is 17.2. The van der Waals surface area contributed by atoms with Crippen molar-refractivity contribution in [2.24, 2.45) is 5.92 Å². The molecule has 0 aromatic heterocycles. The third-order valence-electron chi connectivity index (χ3n) is 5.20. The summed E-state index contributed by atoms with van der Waals surface area (Å²) in [6.07, 6.45) is 6.81. The Morgan fingerprint density at radius 2 is 1.79 bits per heavy atom. The lowest BCUT2D eigenvalue weighted by Gasteiger charge is -2.33. The lowest BCUT2D eigenvalue weighted by molar-refractivity contribution is -0.123. The molecule has 2 aliphatic rings. The van der Waals surface area contributed by atoms with E-state index in [0.29, 0.717) is 0 Å². The highest BCUT2D eigenvalue weighted by Crippen LogP contribution is 2.31. The molecule has 1 atom stereocenters. The maximum Gasteiger partial charge on any atom is 0.230 e. The van der Waals surface area contributed by atoms with E-state index in [-0.39, 0.29) is 17.6 Å². The summed E-state index contributed by atoms with van der Waals surface area (Å²) in [6.45, 7) is 4.05. The van der Waals surface area contributed by atoms with Crippen molar-refractivity contribution in [1.29, 1.82) is 0 Å². The number of rotatable bonds is 3. The Bertz CT molecular complexity index is 761. The number of carbonyl (C=O) groups is 1. The zero-order chi connectivity index (χ0) is 17.3. The van der Waals surface area contributed by atoms with Gasteiger partial charge in [0, 0.05) is 17.0 Å². The second-order valence-corrected chi connectivity index (χ2v) is 8.97. The van der Waals surface area contributed by atoms with E-state index < -0.39 is 15.9 Å². The molecule has 1 amide bonds. The fourth-order valence-electron chi connectivity index (χ4n) is 3.62. The van der Waals surface area contributed by atoms with E-state index in [1.165, 1.54) is 17.4 Å². The average molecular weight is 347 g/mol. The number of hydrogen-bond donors (Lipinski definition) is 0. The zero-order valence-corrected chi connectivity index (χ0v) is 15.2. The van der Waals surface area contributed by atoms with Gasteiger partial charge in [0.05, 0.1) is 11.8 Å². The first-order valence-electron chi connectivity index (χ1n) is 8.69. The average Bonchev–Trinajstić information content (AvgIpc) is 2.91. The Kier molecular flexibility index (Phi) is 4.81. The Morgan fingerprint density at radius 3 is 2.38 bits per heavy atom. The number of nitrogens with zero attached hydrogens (tertiary/aromatic N) is 1. The summed E-state index contributed by atoms with van der Waals surface area (Å²) in [6, 6.07) is 5.53. The van der Waals surface area contributed by atoms with Gasteiger partial charge in [-0.15, -0.1) is 0 Å². The van der Waals surface area contributed by atoms with Crippen LogP contribution in [0.1, 0.15) is 43.2 Å². The molecule has 130 valence electrons. The third kappa shape index (κ3) is 3.56. The first-order chi connectivity index (χ1) is 11.4. The van der Waals surface area contributed by atoms with Crippen molar-refractivity contribution in [1.82, 2.24) is 0 Å². The molecule has 3 rings (SSSR count). The number of amides is 1. The van der Waals surface area contributed by atoms with E-state index in [1.807, 2.05) is 32.0 Å². The molecule has 1 aliphatic carbocycles. The summed E-state index contributed by atoms with van der Waals surface area (Å²) < 4.78 is 23.7. The van der Waals surface area contributed by atoms with Crippen LogP contribution in [-0.2, 0) is 14.6 Å². The molecule has 0 N–H and O–H groups in total. The molecule has 1 aliphatic heterocycles. The van der Waals surface area contributed by atoms with Gasteiger partial charge in [0.1, 0.15) is 0 Å². The van der Waals surface area contributed by atoms with Crippen LogP contribution in [0.2, 0.25) is 0 Å². The van der Waals surface area contributed by atoms with Gasteiger partial charge in [0.2, 0.25) is 5.91 Å². The Morgan fingerprint density at radius 1 is 1.08 bits per heavy atom. The highest BCUT2D eigenvalue weighted by molar-refractivity contribution is 7.94. The Hall–Kier alpha value is -1.62. The molecule has 0 saturated heterocycles. The summed E-state index contributed by atoms with van der Waals surface area (Å²) in [5, 5.41) is 1.25. The zero-order valence-electron chi connectivity index (χ0n) is 14.4. The van der Waals surface area contributed by atoms with E-state index in [0.717, 1.165) is 36.9 Å². The number of aryl methyl sites for hydroxylation is 2. The van der Waals surface area contributed by atoms with Crippen molar-refractivity contribution >= 4 is 21.4 Å². The van der Waals surface area contributed by atoms with Crippen LogP contribution < -0.4 is 4.90 Å². The van der Waals surface area contributed by atoms with Crippen molar-refractivity contribution in [2.75, 3.05) is 10.7 Å². The second-order valence-electron chi connectivity index (χ2n) is 7.04. The van der Waals surface area contributed by atoms with Crippen LogP contribution in [-0.4, -0.2) is 26.1 Å². The summed E-state index contributed by atoms with van der Waals surface area (Å²) in [4.78, 5) is 14.9. The van der Waals surface area contributed by atoms with Crippen molar-refractivity contribution < 1.29 is 13.2 Å². The fraction of sp³-hybridized carbons (Fsp3) is 0.526. The summed E-state index contributed by atoms with van der Waals surface area (Å²) in [7, 11) is -3.21. The van der Waals surface area contributed by atoms with E-state index >= 15 is 0 Å². The van der Waals surface area contributed by atoms with E-state index in [1.54, 1.807) is 11.0 Å². The normalized spacial score (nSPS) is 23.3. The van der Waals surface area contributed by atoms with Gasteiger partial charge in [-0.2, -0.15) is 0 Å². The van der Waals surface area contributed by atoms with Gasteiger partial charge in [0.25, 0.3) is 0 Å². The monoisotopic (exact) mass is 347 g/mol. The third-order valence-corrected chi connectivity index (χ3v) is 6.58. The maximum atomic E-state index is 13.2. The molecular weight excluding hydrogens is 322 g/mol. The van der Waals surface area contributed by atoms with Gasteiger partial charge in [-0.3, -0.25) is 4.79 Å². The molecule has 4 nitrogen and oxygen atoms in total. The quantitative estimate of drug-likeness (QED) is 0.840. The molecule has 0 radical (unpaired) electrons. The largest absolute Gasteiger partial charge is 0.304 e. The van der Waals surface area contributed by atoms with Crippen molar-refractivity contribution in [3.8, 4) is 0 Å². The Balaban J connectivity index is 1.95. The standard InChI is InChI=1S/C19H25NO3S/c1-14-8-9-17(12-15(14)2)20(18-10-11-24(22,23)13-18)19(21)16-6-4-3-5-7-16/h8-12,16,18H,3-7,13H2,1-2H3. The minimum atomic E-state index is -3.21. The molecule has 5 heteroatoms. The maximum absolute atomic E-state index is 13.2. The topological polar surface area (TPSA) is 54.5 Å². The highest BCUT2D eigenvalue weighted by Gasteiger charge is 2.35. The molecule has 1 unspecified atom stereocenters. The minimum Gasteiger partial charge on any atom is -0.304 e. The van der Waals surface area contributed by atoms with Crippen molar-refractivity contribution in [3.63, 3.8) is 0 Å². The van der Waals surface area contributed by atoms with E-state index in [4.69, 9.17) is 0 Å². The number of hydrogen-bond acceptors (Lipinski definition) is 3. The smallest absolute Gasteiger partial charge is 0.230 e. The molecule has 1 aromatic carbocycles. The first-order valence-corrected chi connectivity index (χ1v) is 10.4. The van der Waals surface area contributed by atoms with Crippen LogP contribution in [0, 0.1) is 19.8 Å². The summed E-state index contributed by atoms with van der Waals surface area (Å²) in [5.74, 6) is 0.0695. The number of benzene rings is 1. The summed E-state index contributed by atoms with van der Waals surface area (Å²) in [5.41, 5.74) is 3.08. The van der Waals surface area contributed by atoms with Crippen molar-refractivity contribution in [3.05, 3.63) is 40.8 Å². The molecule has 0 bridgehead atoms. The van der Waals surface area contributed by atoms with Crippen molar-refractivity contribution in [2.45, 2.75) is 52.0 Å². The highest BCUT2D eigenvalue weighted by atomic mass is 32.2. The molecule has 1 saturated carbocycles. The van der Waals surface area contributed by atoms with Gasteiger partial charge < -0.3 is 4.90 Å². The predicted molar refractivity (Wildman–Crippen MR) is 96.7 cm³/mol. The van der Waals surface area contributed by atoms with Gasteiger partial charge in [-0.25, -0.2) is 8.42 Å². The SMILES string of the molecule is Cc1ccc(N(C(=O)C2CCCCC2)C2C=CS(=O)(=O)C2)cc1C. The van der Waals surface area contributed by atoms with Crippen LogP contribution in [0.5, 0.6) is 0 Å². The molecular formula is C19H25NO3S. The second kappa shape index (κ2) is 6.71. The lowest BCUT2D eigenvalue weighted by atomic mass is 9.87. The summed E-state index contributed by atoms with van der Waals surface area (Å²) >= 11 is 0. The van der Waals surface area contributed by atoms with Crippen LogP contribution in [0.4, 0.5) is 5.69 Å². The lowest BCUT2D eigenvalue weighted by Crippen LogP contribution is -2.45. The molecule has 24 heavy (non-hydrogen) atoms. The predicted octanol–water partition coefficient (Wildman–Crippen LogP) is 3.53. The molecule has 1 aromatic rings. The van der Waals surface area contributed by atoms with Crippen LogP contribution in [0.15, 0.2) is 29.7 Å². The molecule has 0 spiro atoms. The van der Waals surface area contributed by atoms with E-state index in [9.17, 15) is 13.2 Å². The number of anilines is 1. The van der Waals surface area contributed by atoms with Gasteiger partial charge >= 0.3 is 0 Å². The molecule has 1 heterocycles. The minimum absolute atomic E-state index is 0.0112. The number of sulfone groups is 1. The Labute approximate surface area is 144 Å². The van der Waals surface area contributed by atoms with Crippen LogP contribution >= 0.6 is 0 Å².